The van der Waals surface area contributed by atoms with Gasteiger partial charge in [-0.3, -0.25) is 0 Å². The topological polar surface area (TPSA) is 12.0 Å². The standard InChI is InChI=1S/C12H25N/c1-7-12(13-6)8-10(4)11(5)9(2)3/h9,11-13H,4,7-8H2,1-3,5-6H3. The van der Waals surface area contributed by atoms with Crippen molar-refractivity contribution < 1.29 is 0 Å². The zero-order valence-corrected chi connectivity index (χ0v) is 9.85. The fourth-order valence-electron chi connectivity index (χ4n) is 1.42. The van der Waals surface area contributed by atoms with Crippen LogP contribution < -0.4 is 5.32 Å². The molecule has 0 saturated carbocycles. The summed E-state index contributed by atoms with van der Waals surface area (Å²) in [6, 6.07) is 0.605. The van der Waals surface area contributed by atoms with E-state index in [0.717, 1.165) is 6.42 Å². The van der Waals surface area contributed by atoms with Crippen molar-refractivity contribution >= 4 is 0 Å². The van der Waals surface area contributed by atoms with Gasteiger partial charge in [-0.2, -0.15) is 0 Å². The molecule has 0 amide bonds. The van der Waals surface area contributed by atoms with Gasteiger partial charge in [0.2, 0.25) is 0 Å². The molecule has 0 aliphatic heterocycles. The first-order valence-electron chi connectivity index (χ1n) is 5.37. The van der Waals surface area contributed by atoms with E-state index in [2.05, 4.69) is 39.6 Å². The van der Waals surface area contributed by atoms with Gasteiger partial charge in [-0.25, -0.2) is 0 Å². The van der Waals surface area contributed by atoms with Crippen LogP contribution in [0.2, 0.25) is 0 Å². The Morgan fingerprint density at radius 2 is 1.85 bits per heavy atom. The second-order valence-electron chi connectivity index (χ2n) is 4.29. The molecular formula is C12H25N. The van der Waals surface area contributed by atoms with Gasteiger partial charge >= 0.3 is 0 Å². The Morgan fingerprint density at radius 3 is 2.15 bits per heavy atom. The minimum absolute atomic E-state index is 0.605. The van der Waals surface area contributed by atoms with E-state index >= 15 is 0 Å². The van der Waals surface area contributed by atoms with E-state index in [1.165, 1.54) is 12.0 Å². The summed E-state index contributed by atoms with van der Waals surface area (Å²) in [6.45, 7) is 13.2. The minimum atomic E-state index is 0.605. The van der Waals surface area contributed by atoms with E-state index in [-0.39, 0.29) is 0 Å². The SMILES string of the molecule is C=C(CC(CC)NC)C(C)C(C)C. The maximum Gasteiger partial charge on any atom is 0.00986 e. The maximum atomic E-state index is 4.17. The maximum absolute atomic E-state index is 4.17. The van der Waals surface area contributed by atoms with Crippen LogP contribution in [0, 0.1) is 11.8 Å². The van der Waals surface area contributed by atoms with Gasteiger partial charge in [0.15, 0.2) is 0 Å². The van der Waals surface area contributed by atoms with Crippen LogP contribution in [0.3, 0.4) is 0 Å². The molecular weight excluding hydrogens is 158 g/mol. The molecule has 0 rings (SSSR count). The van der Waals surface area contributed by atoms with Gasteiger partial charge in [-0.1, -0.05) is 39.8 Å². The van der Waals surface area contributed by atoms with E-state index in [1.54, 1.807) is 0 Å². The average Bonchev–Trinajstić information content (AvgIpc) is 2.12. The van der Waals surface area contributed by atoms with Crippen molar-refractivity contribution in [2.75, 3.05) is 7.05 Å². The quantitative estimate of drug-likeness (QED) is 0.623. The van der Waals surface area contributed by atoms with Gasteiger partial charge in [0, 0.05) is 6.04 Å². The normalized spacial score (nSPS) is 15.8. The summed E-state index contributed by atoms with van der Waals surface area (Å²) < 4.78 is 0. The summed E-state index contributed by atoms with van der Waals surface area (Å²) in [4.78, 5) is 0. The van der Waals surface area contributed by atoms with Gasteiger partial charge in [-0.15, -0.1) is 0 Å². The Labute approximate surface area is 83.6 Å². The van der Waals surface area contributed by atoms with Crippen LogP contribution in [0.4, 0.5) is 0 Å². The van der Waals surface area contributed by atoms with Crippen LogP contribution in [0.25, 0.3) is 0 Å². The van der Waals surface area contributed by atoms with Crippen molar-refractivity contribution in [3.05, 3.63) is 12.2 Å². The molecule has 1 nitrogen and oxygen atoms in total. The number of nitrogens with one attached hydrogen (secondary N) is 1. The number of hydrogen-bond donors (Lipinski definition) is 1. The lowest BCUT2D eigenvalue weighted by Gasteiger charge is -2.22. The largest absolute Gasteiger partial charge is 0.317 e. The molecule has 13 heavy (non-hydrogen) atoms. The fourth-order valence-corrected chi connectivity index (χ4v) is 1.42. The molecule has 0 heterocycles. The van der Waals surface area contributed by atoms with Crippen LogP contribution in [-0.4, -0.2) is 13.1 Å². The summed E-state index contributed by atoms with van der Waals surface area (Å²) in [5.41, 5.74) is 1.39. The Hall–Kier alpha value is -0.300. The molecule has 1 heteroatoms. The molecule has 1 N–H and O–H groups in total. The molecule has 0 fully saturated rings. The highest BCUT2D eigenvalue weighted by molar-refractivity contribution is 5.02. The van der Waals surface area contributed by atoms with Gasteiger partial charge < -0.3 is 5.32 Å². The first kappa shape index (κ1) is 12.7. The molecule has 78 valence electrons. The molecule has 0 aromatic heterocycles. The molecule has 0 spiro atoms. The van der Waals surface area contributed by atoms with Crippen LogP contribution in [0.1, 0.15) is 40.5 Å². The highest BCUT2D eigenvalue weighted by Gasteiger charge is 2.13. The third kappa shape index (κ3) is 4.47. The van der Waals surface area contributed by atoms with Gasteiger partial charge in [0.25, 0.3) is 0 Å². The molecule has 0 radical (unpaired) electrons. The second-order valence-corrected chi connectivity index (χ2v) is 4.29. The first-order chi connectivity index (χ1) is 6.02. The van der Waals surface area contributed by atoms with Crippen molar-refractivity contribution in [1.29, 1.82) is 0 Å². The molecule has 2 unspecified atom stereocenters. The summed E-state index contributed by atoms with van der Waals surface area (Å²) in [5, 5.41) is 3.32. The highest BCUT2D eigenvalue weighted by Crippen LogP contribution is 2.22. The smallest absolute Gasteiger partial charge is 0.00986 e. The molecule has 0 bridgehead atoms. The molecule has 0 aliphatic carbocycles. The summed E-state index contributed by atoms with van der Waals surface area (Å²) in [5.74, 6) is 1.35. The van der Waals surface area contributed by atoms with Crippen LogP contribution in [0.15, 0.2) is 12.2 Å². The van der Waals surface area contributed by atoms with Crippen LogP contribution in [-0.2, 0) is 0 Å². The van der Waals surface area contributed by atoms with Gasteiger partial charge in [-0.05, 0) is 31.7 Å². The number of rotatable bonds is 6. The van der Waals surface area contributed by atoms with E-state index < -0.39 is 0 Å². The lowest BCUT2D eigenvalue weighted by Crippen LogP contribution is -2.26. The Bertz CT molecular complexity index is 145. The predicted molar refractivity (Wildman–Crippen MR) is 60.9 cm³/mol. The van der Waals surface area contributed by atoms with E-state index in [9.17, 15) is 0 Å². The molecule has 0 saturated heterocycles. The lowest BCUT2D eigenvalue weighted by atomic mass is 9.87. The van der Waals surface area contributed by atoms with Crippen molar-refractivity contribution in [1.82, 2.24) is 5.32 Å². The third-order valence-electron chi connectivity index (χ3n) is 3.05. The summed E-state index contributed by atoms with van der Waals surface area (Å²) in [6.07, 6.45) is 2.30. The number of hydrogen-bond acceptors (Lipinski definition) is 1. The molecule has 0 aromatic carbocycles. The Balaban J connectivity index is 3.98. The van der Waals surface area contributed by atoms with Gasteiger partial charge in [0.1, 0.15) is 0 Å². The van der Waals surface area contributed by atoms with E-state index in [0.29, 0.717) is 17.9 Å². The van der Waals surface area contributed by atoms with E-state index in [1.807, 2.05) is 7.05 Å². The predicted octanol–water partition coefficient (Wildman–Crippen LogP) is 3.22. The highest BCUT2D eigenvalue weighted by atomic mass is 14.9. The fraction of sp³-hybridized carbons (Fsp3) is 0.833. The second kappa shape index (κ2) is 6.20. The summed E-state index contributed by atoms with van der Waals surface area (Å²) >= 11 is 0. The average molecular weight is 183 g/mol. The minimum Gasteiger partial charge on any atom is -0.317 e. The monoisotopic (exact) mass is 183 g/mol. The van der Waals surface area contributed by atoms with E-state index in [4.69, 9.17) is 0 Å². The van der Waals surface area contributed by atoms with Crippen molar-refractivity contribution in [3.8, 4) is 0 Å². The first-order valence-corrected chi connectivity index (χ1v) is 5.37. The molecule has 2 atom stereocenters. The van der Waals surface area contributed by atoms with Gasteiger partial charge in [0.05, 0.1) is 0 Å². The van der Waals surface area contributed by atoms with Crippen LogP contribution in [0.5, 0.6) is 0 Å². The zero-order chi connectivity index (χ0) is 10.4. The Kier molecular flexibility index (Phi) is 6.06. The Morgan fingerprint density at radius 1 is 1.31 bits per heavy atom. The third-order valence-corrected chi connectivity index (χ3v) is 3.05. The van der Waals surface area contributed by atoms with Crippen molar-refractivity contribution in [2.45, 2.75) is 46.6 Å². The van der Waals surface area contributed by atoms with Crippen LogP contribution >= 0.6 is 0 Å². The van der Waals surface area contributed by atoms with Crippen molar-refractivity contribution in [2.24, 2.45) is 11.8 Å². The lowest BCUT2D eigenvalue weighted by molar-refractivity contribution is 0.439. The summed E-state index contributed by atoms with van der Waals surface area (Å²) in [7, 11) is 2.03. The van der Waals surface area contributed by atoms with Crippen molar-refractivity contribution in [3.63, 3.8) is 0 Å². The molecule has 0 aliphatic rings. The molecule has 0 aromatic rings. The zero-order valence-electron chi connectivity index (χ0n) is 9.85.